The molecule has 6 nitrogen and oxygen atoms in total. The molecule has 4 rings (SSSR count). The standard InChI is InChI=1S/C22H27NO5/c1-23-16(11-14-6-2-3-8-17(14)23)10-13-5-4-7-15(9-13)22-21(27)20(26)19(25)18(12-24)28-22/h2-9,16,18-22,24-27H,10-12H2,1H3/t16?,18-,19-,20?,21-,22+/m1/s1. The quantitative estimate of drug-likeness (QED) is 0.622. The summed E-state index contributed by atoms with van der Waals surface area (Å²) in [5.41, 5.74) is 4.45. The fourth-order valence-electron chi connectivity index (χ4n) is 4.37. The van der Waals surface area contributed by atoms with Crippen molar-refractivity contribution in [2.24, 2.45) is 0 Å². The van der Waals surface area contributed by atoms with Gasteiger partial charge in [-0.15, -0.1) is 0 Å². The van der Waals surface area contributed by atoms with Gasteiger partial charge in [0.15, 0.2) is 0 Å². The molecule has 4 N–H and O–H groups in total. The van der Waals surface area contributed by atoms with Crippen molar-refractivity contribution in [3.63, 3.8) is 0 Å². The molecule has 2 aliphatic rings. The topological polar surface area (TPSA) is 93.4 Å². The van der Waals surface area contributed by atoms with E-state index in [-0.39, 0.29) is 0 Å². The van der Waals surface area contributed by atoms with E-state index in [2.05, 4.69) is 36.2 Å². The average molecular weight is 385 g/mol. The molecule has 2 aromatic rings. The highest BCUT2D eigenvalue weighted by atomic mass is 16.5. The Labute approximate surface area is 164 Å². The highest BCUT2D eigenvalue weighted by Crippen LogP contribution is 2.34. The number of para-hydroxylation sites is 1. The molecular formula is C22H27NO5. The van der Waals surface area contributed by atoms with Gasteiger partial charge in [-0.05, 0) is 35.6 Å². The van der Waals surface area contributed by atoms with Crippen LogP contribution in [-0.4, -0.2) is 64.5 Å². The molecule has 0 radical (unpaired) electrons. The molecule has 2 aromatic carbocycles. The van der Waals surface area contributed by atoms with Crippen LogP contribution in [0.3, 0.4) is 0 Å². The van der Waals surface area contributed by atoms with Gasteiger partial charge < -0.3 is 30.1 Å². The third kappa shape index (κ3) is 3.43. The molecule has 1 fully saturated rings. The second kappa shape index (κ2) is 7.81. The minimum atomic E-state index is -1.37. The van der Waals surface area contributed by atoms with Gasteiger partial charge in [0.2, 0.25) is 0 Å². The van der Waals surface area contributed by atoms with E-state index >= 15 is 0 Å². The van der Waals surface area contributed by atoms with Crippen molar-refractivity contribution in [1.29, 1.82) is 0 Å². The lowest BCUT2D eigenvalue weighted by Crippen LogP contribution is -2.55. The second-order valence-electron chi connectivity index (χ2n) is 7.80. The zero-order valence-corrected chi connectivity index (χ0v) is 15.8. The summed E-state index contributed by atoms with van der Waals surface area (Å²) in [5, 5.41) is 39.8. The van der Waals surface area contributed by atoms with Crippen molar-refractivity contribution in [3.05, 3.63) is 65.2 Å². The van der Waals surface area contributed by atoms with Crippen molar-refractivity contribution < 1.29 is 25.2 Å². The van der Waals surface area contributed by atoms with E-state index in [9.17, 15) is 20.4 Å². The van der Waals surface area contributed by atoms with Crippen LogP contribution in [0.15, 0.2) is 48.5 Å². The molecule has 2 unspecified atom stereocenters. The number of benzene rings is 2. The first kappa shape index (κ1) is 19.4. The van der Waals surface area contributed by atoms with Gasteiger partial charge in [0.05, 0.1) is 6.61 Å². The summed E-state index contributed by atoms with van der Waals surface area (Å²) in [4.78, 5) is 2.30. The van der Waals surface area contributed by atoms with Crippen LogP contribution in [0.4, 0.5) is 5.69 Å². The van der Waals surface area contributed by atoms with Crippen molar-refractivity contribution in [2.75, 3.05) is 18.6 Å². The van der Waals surface area contributed by atoms with Crippen molar-refractivity contribution in [1.82, 2.24) is 0 Å². The highest BCUT2D eigenvalue weighted by Gasteiger charge is 2.44. The first-order chi connectivity index (χ1) is 13.5. The van der Waals surface area contributed by atoms with Crippen LogP contribution in [0, 0.1) is 0 Å². The number of hydrogen-bond donors (Lipinski definition) is 4. The lowest BCUT2D eigenvalue weighted by Gasteiger charge is -2.40. The van der Waals surface area contributed by atoms with Crippen LogP contribution in [0.25, 0.3) is 0 Å². The van der Waals surface area contributed by atoms with Gasteiger partial charge >= 0.3 is 0 Å². The first-order valence-corrected chi connectivity index (χ1v) is 9.69. The fourth-order valence-corrected chi connectivity index (χ4v) is 4.37. The van der Waals surface area contributed by atoms with Crippen LogP contribution >= 0.6 is 0 Å². The van der Waals surface area contributed by atoms with Gasteiger partial charge in [0.25, 0.3) is 0 Å². The molecule has 0 saturated carbocycles. The monoisotopic (exact) mass is 385 g/mol. The Morgan fingerprint density at radius 3 is 2.54 bits per heavy atom. The Bertz CT molecular complexity index is 826. The Morgan fingerprint density at radius 2 is 1.79 bits per heavy atom. The van der Waals surface area contributed by atoms with Crippen molar-refractivity contribution >= 4 is 5.69 Å². The largest absolute Gasteiger partial charge is 0.394 e. The molecule has 0 bridgehead atoms. The number of fused-ring (bicyclic) bond motifs is 1. The van der Waals surface area contributed by atoms with E-state index in [0.29, 0.717) is 6.04 Å². The number of nitrogens with zero attached hydrogens (tertiary/aromatic N) is 1. The molecule has 0 spiro atoms. The lowest BCUT2D eigenvalue weighted by molar-refractivity contribution is -0.231. The molecule has 28 heavy (non-hydrogen) atoms. The summed E-state index contributed by atoms with van der Waals surface area (Å²) in [7, 11) is 2.11. The maximum atomic E-state index is 10.4. The van der Waals surface area contributed by atoms with Gasteiger partial charge in [-0.3, -0.25) is 0 Å². The van der Waals surface area contributed by atoms with E-state index in [1.165, 1.54) is 11.3 Å². The molecule has 0 aliphatic carbocycles. The van der Waals surface area contributed by atoms with Crippen LogP contribution in [0.2, 0.25) is 0 Å². The summed E-state index contributed by atoms with van der Waals surface area (Å²) < 4.78 is 5.69. The number of aliphatic hydroxyl groups excluding tert-OH is 4. The summed E-state index contributed by atoms with van der Waals surface area (Å²) in [5.74, 6) is 0. The van der Waals surface area contributed by atoms with Gasteiger partial charge in [-0.2, -0.15) is 0 Å². The van der Waals surface area contributed by atoms with Gasteiger partial charge in [-0.25, -0.2) is 0 Å². The smallest absolute Gasteiger partial charge is 0.113 e. The molecule has 6 atom stereocenters. The molecule has 6 heteroatoms. The Morgan fingerprint density at radius 1 is 1.00 bits per heavy atom. The van der Waals surface area contributed by atoms with Crippen LogP contribution in [-0.2, 0) is 17.6 Å². The minimum Gasteiger partial charge on any atom is -0.394 e. The summed E-state index contributed by atoms with van der Waals surface area (Å²) in [6, 6.07) is 16.5. The second-order valence-corrected chi connectivity index (χ2v) is 7.80. The van der Waals surface area contributed by atoms with E-state index in [1.54, 1.807) is 0 Å². The van der Waals surface area contributed by atoms with E-state index in [0.717, 1.165) is 24.0 Å². The molecule has 2 heterocycles. The number of anilines is 1. The number of hydrogen-bond acceptors (Lipinski definition) is 6. The van der Waals surface area contributed by atoms with Gasteiger partial charge in [-0.1, -0.05) is 42.5 Å². The van der Waals surface area contributed by atoms with E-state index < -0.39 is 37.1 Å². The third-order valence-corrected chi connectivity index (χ3v) is 6.02. The van der Waals surface area contributed by atoms with Crippen LogP contribution in [0.5, 0.6) is 0 Å². The predicted octanol–water partition coefficient (Wildman–Crippen LogP) is 0.805. The number of ether oxygens (including phenoxy) is 1. The van der Waals surface area contributed by atoms with E-state index in [1.807, 2.05) is 24.3 Å². The van der Waals surface area contributed by atoms with Crippen LogP contribution < -0.4 is 4.90 Å². The first-order valence-electron chi connectivity index (χ1n) is 9.69. The van der Waals surface area contributed by atoms with Gasteiger partial charge in [0, 0.05) is 18.8 Å². The predicted molar refractivity (Wildman–Crippen MR) is 105 cm³/mol. The number of aliphatic hydroxyl groups is 4. The third-order valence-electron chi connectivity index (χ3n) is 6.02. The number of likely N-dealkylation sites (N-methyl/N-ethyl adjacent to an activating group) is 1. The molecular weight excluding hydrogens is 358 g/mol. The Balaban J connectivity index is 1.52. The SMILES string of the molecule is CN1c2ccccc2CC1Cc1cccc([C@@H]2O[C@H](CO)[C@@H](O)C(O)[C@H]2O)c1. The summed E-state index contributed by atoms with van der Waals surface area (Å²) >= 11 is 0. The summed E-state index contributed by atoms with van der Waals surface area (Å²) in [6.45, 7) is -0.424. The number of rotatable bonds is 4. The Hall–Kier alpha value is -1.96. The van der Waals surface area contributed by atoms with Crippen molar-refractivity contribution in [3.8, 4) is 0 Å². The maximum Gasteiger partial charge on any atom is 0.113 e. The molecule has 1 saturated heterocycles. The lowest BCUT2D eigenvalue weighted by atomic mass is 9.90. The zero-order valence-electron chi connectivity index (χ0n) is 15.8. The maximum absolute atomic E-state index is 10.4. The molecule has 0 aromatic heterocycles. The summed E-state index contributed by atoms with van der Waals surface area (Å²) in [6.07, 6.45) is -3.84. The van der Waals surface area contributed by atoms with Crippen LogP contribution in [0.1, 0.15) is 22.8 Å². The fraction of sp³-hybridized carbons (Fsp3) is 0.455. The minimum absolute atomic E-state index is 0.349. The normalized spacial score (nSPS) is 32.4. The Kier molecular flexibility index (Phi) is 5.40. The molecule has 2 aliphatic heterocycles. The van der Waals surface area contributed by atoms with Crippen molar-refractivity contribution in [2.45, 2.75) is 49.4 Å². The highest BCUT2D eigenvalue weighted by molar-refractivity contribution is 5.59. The zero-order chi connectivity index (χ0) is 19.8. The van der Waals surface area contributed by atoms with E-state index in [4.69, 9.17) is 4.74 Å². The molecule has 150 valence electrons. The molecule has 0 amide bonds. The van der Waals surface area contributed by atoms with Gasteiger partial charge in [0.1, 0.15) is 30.5 Å². The average Bonchev–Trinajstić information content (AvgIpc) is 3.02.